The molecule has 4 heterocycles. The molecule has 0 amide bonds. The molecule has 2 aliphatic heterocycles. The smallest absolute Gasteiger partial charge is 0.164 e. The molecular formula is C14H16BrN7O3. The molecule has 0 radical (unpaired) electrons. The van der Waals surface area contributed by atoms with Crippen LogP contribution in [-0.4, -0.2) is 45.2 Å². The van der Waals surface area contributed by atoms with Crippen molar-refractivity contribution < 1.29 is 14.2 Å². The number of halogens is 1. The summed E-state index contributed by atoms with van der Waals surface area (Å²) >= 11 is 3.49. The first kappa shape index (κ1) is 16.6. The SMILES string of the molecule is CC1(C)O[C@@H]2[C@H](O1)[C@@H](CN=[N+]=[N-])O[C@H]2n1cc(Br)c2c(N)ncnc21. The normalized spacial score (nSPS) is 30.4. The number of nitrogen functional groups attached to an aromatic ring is 1. The lowest BCUT2D eigenvalue weighted by Crippen LogP contribution is -2.31. The van der Waals surface area contributed by atoms with Crippen molar-refractivity contribution in [2.75, 3.05) is 12.3 Å². The first-order chi connectivity index (χ1) is 11.9. The van der Waals surface area contributed by atoms with Crippen LogP contribution in [0.1, 0.15) is 20.1 Å². The van der Waals surface area contributed by atoms with Crippen molar-refractivity contribution in [1.82, 2.24) is 14.5 Å². The second-order valence-electron chi connectivity index (χ2n) is 6.39. The number of hydrogen-bond donors (Lipinski definition) is 1. The van der Waals surface area contributed by atoms with Gasteiger partial charge in [-0.15, -0.1) is 0 Å². The zero-order chi connectivity index (χ0) is 17.8. The number of aromatic nitrogens is 3. The van der Waals surface area contributed by atoms with E-state index >= 15 is 0 Å². The summed E-state index contributed by atoms with van der Waals surface area (Å²) in [7, 11) is 0. The van der Waals surface area contributed by atoms with Gasteiger partial charge in [-0.25, -0.2) is 9.97 Å². The van der Waals surface area contributed by atoms with Crippen molar-refractivity contribution in [2.45, 2.75) is 44.2 Å². The number of fused-ring (bicyclic) bond motifs is 2. The molecule has 0 bridgehead atoms. The Bertz CT molecular complexity index is 879. The summed E-state index contributed by atoms with van der Waals surface area (Å²) in [4.78, 5) is 11.2. The predicted molar refractivity (Wildman–Crippen MR) is 91.4 cm³/mol. The van der Waals surface area contributed by atoms with Crippen molar-refractivity contribution in [1.29, 1.82) is 0 Å². The van der Waals surface area contributed by atoms with Crippen LogP contribution in [0.2, 0.25) is 0 Å². The lowest BCUT2D eigenvalue weighted by molar-refractivity contribution is -0.195. The monoisotopic (exact) mass is 409 g/mol. The molecule has 4 atom stereocenters. The number of nitrogens with zero attached hydrogens (tertiary/aromatic N) is 6. The molecule has 10 nitrogen and oxygen atoms in total. The van der Waals surface area contributed by atoms with E-state index < -0.39 is 18.1 Å². The topological polar surface area (TPSA) is 133 Å². The maximum absolute atomic E-state index is 8.62. The standard InChI is InChI=1S/C14H16BrN7O3/c1-14(2)24-9-7(3-20-21-17)23-13(10(9)25-14)22-4-6(15)8-11(16)18-5-19-12(8)22/h4-5,7,9-10,13H,3H2,1-2H3,(H2,16,18,19)/t7-,9-,10-,13-/m1/s1. The van der Waals surface area contributed by atoms with Crippen molar-refractivity contribution in [3.05, 3.63) is 27.4 Å². The van der Waals surface area contributed by atoms with Crippen LogP contribution in [0.5, 0.6) is 0 Å². The predicted octanol–water partition coefficient (Wildman–Crippen LogP) is 2.50. The van der Waals surface area contributed by atoms with Crippen LogP contribution in [-0.2, 0) is 14.2 Å². The lowest BCUT2D eigenvalue weighted by Gasteiger charge is -2.24. The summed E-state index contributed by atoms with van der Waals surface area (Å²) < 4.78 is 20.7. The fourth-order valence-electron chi connectivity index (χ4n) is 3.40. The molecule has 25 heavy (non-hydrogen) atoms. The Labute approximate surface area is 151 Å². The van der Waals surface area contributed by atoms with Crippen LogP contribution in [0.25, 0.3) is 21.5 Å². The Morgan fingerprint density at radius 1 is 1.40 bits per heavy atom. The Morgan fingerprint density at radius 3 is 2.92 bits per heavy atom. The van der Waals surface area contributed by atoms with E-state index in [1.54, 1.807) is 0 Å². The van der Waals surface area contributed by atoms with Crippen molar-refractivity contribution in [2.24, 2.45) is 5.11 Å². The van der Waals surface area contributed by atoms with Gasteiger partial charge in [0.2, 0.25) is 0 Å². The third kappa shape index (κ3) is 2.64. The summed E-state index contributed by atoms with van der Waals surface area (Å²) in [5.74, 6) is -0.375. The van der Waals surface area contributed by atoms with E-state index in [-0.39, 0.29) is 18.8 Å². The summed E-state index contributed by atoms with van der Waals surface area (Å²) in [5.41, 5.74) is 15.2. The van der Waals surface area contributed by atoms with Crippen LogP contribution in [0.15, 0.2) is 22.1 Å². The highest BCUT2D eigenvalue weighted by atomic mass is 79.9. The van der Waals surface area contributed by atoms with Gasteiger partial charge in [-0.1, -0.05) is 5.11 Å². The average Bonchev–Trinajstić information content (AvgIpc) is 3.15. The van der Waals surface area contributed by atoms with Gasteiger partial charge in [0, 0.05) is 15.6 Å². The minimum Gasteiger partial charge on any atom is -0.383 e. The van der Waals surface area contributed by atoms with Crippen LogP contribution in [0.4, 0.5) is 5.82 Å². The van der Waals surface area contributed by atoms with Gasteiger partial charge in [0.05, 0.1) is 18.0 Å². The molecule has 0 aromatic carbocycles. The summed E-state index contributed by atoms with van der Waals surface area (Å²) in [6.45, 7) is 3.85. The second kappa shape index (κ2) is 5.82. The number of nitrogens with two attached hydrogens (primary N) is 1. The second-order valence-corrected chi connectivity index (χ2v) is 7.24. The van der Waals surface area contributed by atoms with E-state index in [0.717, 1.165) is 4.47 Å². The van der Waals surface area contributed by atoms with Gasteiger partial charge in [0.15, 0.2) is 12.0 Å². The lowest BCUT2D eigenvalue weighted by atomic mass is 10.1. The third-order valence-corrected chi connectivity index (χ3v) is 4.92. The molecule has 2 aromatic rings. The molecule has 2 aromatic heterocycles. The molecular weight excluding hydrogens is 394 g/mol. The summed E-state index contributed by atoms with van der Waals surface area (Å²) in [5, 5.41) is 4.34. The molecule has 0 aliphatic carbocycles. The number of azide groups is 1. The number of anilines is 1. The minimum atomic E-state index is -0.750. The minimum absolute atomic E-state index is 0.158. The largest absolute Gasteiger partial charge is 0.383 e. The molecule has 132 valence electrons. The van der Waals surface area contributed by atoms with Crippen LogP contribution in [0, 0.1) is 0 Å². The molecule has 11 heteroatoms. The zero-order valence-electron chi connectivity index (χ0n) is 13.5. The Kier molecular flexibility index (Phi) is 3.85. The van der Waals surface area contributed by atoms with E-state index in [1.165, 1.54) is 6.33 Å². The maximum atomic E-state index is 8.62. The highest BCUT2D eigenvalue weighted by Gasteiger charge is 2.55. The highest BCUT2D eigenvalue weighted by molar-refractivity contribution is 9.10. The van der Waals surface area contributed by atoms with Crippen LogP contribution in [0.3, 0.4) is 0 Å². The first-order valence-electron chi connectivity index (χ1n) is 7.70. The van der Waals surface area contributed by atoms with Crippen molar-refractivity contribution in [3.8, 4) is 0 Å². The fourth-order valence-corrected chi connectivity index (χ4v) is 4.00. The van der Waals surface area contributed by atoms with Crippen LogP contribution < -0.4 is 5.73 Å². The molecule has 0 unspecified atom stereocenters. The molecule has 0 spiro atoms. The quantitative estimate of drug-likeness (QED) is 0.470. The average molecular weight is 410 g/mol. The van der Waals surface area contributed by atoms with Gasteiger partial charge in [-0.3, -0.25) is 0 Å². The zero-order valence-corrected chi connectivity index (χ0v) is 15.1. The number of hydrogen-bond acceptors (Lipinski definition) is 7. The molecule has 2 N–H and O–H groups in total. The van der Waals surface area contributed by atoms with E-state index in [1.807, 2.05) is 24.6 Å². The van der Waals surface area contributed by atoms with E-state index in [9.17, 15) is 0 Å². The first-order valence-corrected chi connectivity index (χ1v) is 8.49. The summed E-state index contributed by atoms with van der Waals surface area (Å²) in [6, 6.07) is 0. The van der Waals surface area contributed by atoms with Crippen LogP contribution >= 0.6 is 15.9 Å². The van der Waals surface area contributed by atoms with E-state index in [4.69, 9.17) is 25.5 Å². The third-order valence-electron chi connectivity index (χ3n) is 4.32. The van der Waals surface area contributed by atoms with Gasteiger partial charge in [0.1, 0.15) is 30.0 Å². The number of rotatable bonds is 3. The highest BCUT2D eigenvalue weighted by Crippen LogP contribution is 2.45. The maximum Gasteiger partial charge on any atom is 0.164 e. The summed E-state index contributed by atoms with van der Waals surface area (Å²) in [6.07, 6.45) is 1.62. The Morgan fingerprint density at radius 2 is 2.16 bits per heavy atom. The van der Waals surface area contributed by atoms with E-state index in [2.05, 4.69) is 35.9 Å². The van der Waals surface area contributed by atoms with Crippen molar-refractivity contribution in [3.63, 3.8) is 0 Å². The van der Waals surface area contributed by atoms with Gasteiger partial charge in [-0.05, 0) is 35.3 Å². The molecule has 2 aliphatic rings. The number of ether oxygens (including phenoxy) is 3. The van der Waals surface area contributed by atoms with Gasteiger partial charge >= 0.3 is 0 Å². The molecule has 2 saturated heterocycles. The van der Waals surface area contributed by atoms with E-state index in [0.29, 0.717) is 16.9 Å². The Hall–Kier alpha value is -1.91. The molecule has 0 saturated carbocycles. The van der Waals surface area contributed by atoms with Crippen molar-refractivity contribution >= 4 is 32.8 Å². The van der Waals surface area contributed by atoms with Gasteiger partial charge < -0.3 is 24.5 Å². The Balaban J connectivity index is 1.77. The van der Waals surface area contributed by atoms with Gasteiger partial charge in [0.25, 0.3) is 0 Å². The molecule has 2 fully saturated rings. The van der Waals surface area contributed by atoms with Gasteiger partial charge in [-0.2, -0.15) is 0 Å². The molecule has 4 rings (SSSR count). The fraction of sp³-hybridized carbons (Fsp3) is 0.571.